The highest BCUT2D eigenvalue weighted by Gasteiger charge is 2.15. The standard InChI is InChI=1S/C21H17FN4O/c22-17-8-6-16(7-9-17)19-11-13-23-20-18(14-25-26(19)20)21(27)24-12-10-15-4-2-1-3-5-15/h1-9,11,13-14H,10,12H2,(H,24,27). The van der Waals surface area contributed by atoms with Crippen molar-refractivity contribution in [2.45, 2.75) is 6.42 Å². The molecule has 4 aromatic rings. The highest BCUT2D eigenvalue weighted by atomic mass is 19.1. The molecule has 27 heavy (non-hydrogen) atoms. The minimum absolute atomic E-state index is 0.218. The molecule has 0 radical (unpaired) electrons. The molecule has 134 valence electrons. The van der Waals surface area contributed by atoms with Gasteiger partial charge in [-0.2, -0.15) is 5.10 Å². The molecule has 0 saturated carbocycles. The third kappa shape index (κ3) is 3.55. The van der Waals surface area contributed by atoms with Crippen LogP contribution >= 0.6 is 0 Å². The molecule has 0 fully saturated rings. The van der Waals surface area contributed by atoms with Gasteiger partial charge in [0.05, 0.1) is 11.9 Å². The smallest absolute Gasteiger partial charge is 0.256 e. The number of carbonyl (C=O) groups is 1. The molecule has 4 rings (SSSR count). The minimum Gasteiger partial charge on any atom is -0.352 e. The lowest BCUT2D eigenvalue weighted by atomic mass is 10.1. The number of halogens is 1. The third-order valence-corrected chi connectivity index (χ3v) is 4.33. The van der Waals surface area contributed by atoms with E-state index in [0.29, 0.717) is 17.8 Å². The number of rotatable bonds is 5. The van der Waals surface area contributed by atoms with Gasteiger partial charge in [0.25, 0.3) is 5.91 Å². The highest BCUT2D eigenvalue weighted by molar-refractivity contribution is 5.99. The number of hydrogen-bond donors (Lipinski definition) is 1. The Hall–Kier alpha value is -3.54. The second-order valence-corrected chi connectivity index (χ2v) is 6.12. The van der Waals surface area contributed by atoms with Gasteiger partial charge in [-0.3, -0.25) is 4.79 Å². The van der Waals surface area contributed by atoms with Gasteiger partial charge in [0.2, 0.25) is 0 Å². The molecule has 2 aromatic carbocycles. The minimum atomic E-state index is -0.303. The summed E-state index contributed by atoms with van der Waals surface area (Å²) in [6, 6.07) is 17.9. The van der Waals surface area contributed by atoms with Gasteiger partial charge in [0.15, 0.2) is 5.65 Å². The molecule has 0 aliphatic heterocycles. The Morgan fingerprint density at radius 1 is 1.04 bits per heavy atom. The molecule has 2 aromatic heterocycles. The van der Waals surface area contributed by atoms with Gasteiger partial charge in [-0.25, -0.2) is 13.9 Å². The van der Waals surface area contributed by atoms with Crippen molar-refractivity contribution < 1.29 is 9.18 Å². The van der Waals surface area contributed by atoms with Crippen molar-refractivity contribution in [3.8, 4) is 11.3 Å². The summed E-state index contributed by atoms with van der Waals surface area (Å²) in [5.41, 5.74) is 3.57. The lowest BCUT2D eigenvalue weighted by Gasteiger charge is -2.06. The molecule has 0 atom stereocenters. The van der Waals surface area contributed by atoms with Crippen LogP contribution in [0.25, 0.3) is 16.9 Å². The Kier molecular flexibility index (Phi) is 4.61. The third-order valence-electron chi connectivity index (χ3n) is 4.33. The molecule has 0 aliphatic rings. The van der Waals surface area contributed by atoms with Gasteiger partial charge in [-0.05, 0) is 42.3 Å². The molecule has 1 amide bonds. The van der Waals surface area contributed by atoms with Crippen molar-refractivity contribution in [2.24, 2.45) is 0 Å². The fourth-order valence-corrected chi connectivity index (χ4v) is 2.95. The zero-order valence-electron chi connectivity index (χ0n) is 14.5. The Labute approximate surface area is 155 Å². The van der Waals surface area contributed by atoms with Gasteiger partial charge < -0.3 is 5.32 Å². The molecule has 0 aliphatic carbocycles. The van der Waals surface area contributed by atoms with Crippen LogP contribution in [0.3, 0.4) is 0 Å². The molecule has 0 spiro atoms. The topological polar surface area (TPSA) is 59.3 Å². The van der Waals surface area contributed by atoms with Crippen molar-refractivity contribution in [3.63, 3.8) is 0 Å². The molecule has 1 N–H and O–H groups in total. The Morgan fingerprint density at radius 3 is 2.59 bits per heavy atom. The van der Waals surface area contributed by atoms with E-state index >= 15 is 0 Å². The molecular weight excluding hydrogens is 343 g/mol. The van der Waals surface area contributed by atoms with E-state index in [1.165, 1.54) is 18.3 Å². The second kappa shape index (κ2) is 7.37. The summed E-state index contributed by atoms with van der Waals surface area (Å²) in [6.45, 7) is 0.526. The summed E-state index contributed by atoms with van der Waals surface area (Å²) in [5.74, 6) is -0.521. The van der Waals surface area contributed by atoms with E-state index in [0.717, 1.165) is 23.2 Å². The molecule has 2 heterocycles. The van der Waals surface area contributed by atoms with Gasteiger partial charge in [-0.1, -0.05) is 30.3 Å². The number of carbonyl (C=O) groups excluding carboxylic acids is 1. The van der Waals surface area contributed by atoms with Gasteiger partial charge in [0, 0.05) is 18.3 Å². The highest BCUT2D eigenvalue weighted by Crippen LogP contribution is 2.21. The van der Waals surface area contributed by atoms with E-state index in [1.54, 1.807) is 28.9 Å². The Balaban J connectivity index is 1.55. The zero-order chi connectivity index (χ0) is 18.6. The fraction of sp³-hybridized carbons (Fsp3) is 0.0952. The summed E-state index contributed by atoms with van der Waals surface area (Å²) >= 11 is 0. The van der Waals surface area contributed by atoms with Crippen molar-refractivity contribution in [3.05, 3.63) is 90.0 Å². The first kappa shape index (κ1) is 16.9. The molecular formula is C21H17FN4O. The van der Waals surface area contributed by atoms with Crippen LogP contribution in [-0.4, -0.2) is 27.0 Å². The van der Waals surface area contributed by atoms with Crippen LogP contribution in [0.15, 0.2) is 73.1 Å². The first-order chi connectivity index (χ1) is 13.2. The Bertz CT molecular complexity index is 1070. The summed E-state index contributed by atoms with van der Waals surface area (Å²) in [4.78, 5) is 16.8. The van der Waals surface area contributed by atoms with Gasteiger partial charge >= 0.3 is 0 Å². The number of benzene rings is 2. The predicted molar refractivity (Wildman–Crippen MR) is 101 cm³/mol. The normalized spacial score (nSPS) is 10.9. The van der Waals surface area contributed by atoms with Crippen molar-refractivity contribution >= 4 is 11.6 Å². The quantitative estimate of drug-likeness (QED) is 0.592. The number of fused-ring (bicyclic) bond motifs is 1. The van der Waals surface area contributed by atoms with Gasteiger partial charge in [-0.15, -0.1) is 0 Å². The van der Waals surface area contributed by atoms with E-state index in [1.807, 2.05) is 30.3 Å². The van der Waals surface area contributed by atoms with E-state index in [9.17, 15) is 9.18 Å². The van der Waals surface area contributed by atoms with E-state index < -0.39 is 0 Å². The number of aromatic nitrogens is 3. The average molecular weight is 360 g/mol. The maximum Gasteiger partial charge on any atom is 0.256 e. The number of nitrogens with zero attached hydrogens (tertiary/aromatic N) is 3. The number of hydrogen-bond acceptors (Lipinski definition) is 3. The van der Waals surface area contributed by atoms with Gasteiger partial charge in [0.1, 0.15) is 11.4 Å². The van der Waals surface area contributed by atoms with Crippen molar-refractivity contribution in [2.75, 3.05) is 6.54 Å². The number of amides is 1. The van der Waals surface area contributed by atoms with Crippen LogP contribution in [0.2, 0.25) is 0 Å². The fourth-order valence-electron chi connectivity index (χ4n) is 2.95. The lowest BCUT2D eigenvalue weighted by molar-refractivity contribution is 0.0955. The largest absolute Gasteiger partial charge is 0.352 e. The van der Waals surface area contributed by atoms with Crippen LogP contribution in [0.4, 0.5) is 4.39 Å². The maximum atomic E-state index is 13.2. The lowest BCUT2D eigenvalue weighted by Crippen LogP contribution is -2.25. The SMILES string of the molecule is O=C(NCCc1ccccc1)c1cnn2c(-c3ccc(F)cc3)ccnc12. The van der Waals surface area contributed by atoms with Crippen LogP contribution in [0, 0.1) is 5.82 Å². The average Bonchev–Trinajstić information content (AvgIpc) is 3.14. The molecule has 5 nitrogen and oxygen atoms in total. The zero-order valence-corrected chi connectivity index (χ0v) is 14.5. The molecule has 0 unspecified atom stereocenters. The number of nitrogens with one attached hydrogen (secondary N) is 1. The molecule has 6 heteroatoms. The van der Waals surface area contributed by atoms with Crippen molar-refractivity contribution in [1.29, 1.82) is 0 Å². The van der Waals surface area contributed by atoms with E-state index in [2.05, 4.69) is 15.4 Å². The second-order valence-electron chi connectivity index (χ2n) is 6.12. The van der Waals surface area contributed by atoms with E-state index in [-0.39, 0.29) is 11.7 Å². The summed E-state index contributed by atoms with van der Waals surface area (Å²) in [7, 11) is 0. The Morgan fingerprint density at radius 2 is 1.81 bits per heavy atom. The predicted octanol–water partition coefficient (Wildman–Crippen LogP) is 3.51. The van der Waals surface area contributed by atoms with Crippen molar-refractivity contribution in [1.82, 2.24) is 19.9 Å². The monoisotopic (exact) mass is 360 g/mol. The summed E-state index contributed by atoms with van der Waals surface area (Å²) in [6.07, 6.45) is 3.88. The molecule has 0 saturated heterocycles. The van der Waals surface area contributed by atoms with Crippen LogP contribution in [0.1, 0.15) is 15.9 Å². The first-order valence-electron chi connectivity index (χ1n) is 8.63. The summed E-state index contributed by atoms with van der Waals surface area (Å²) < 4.78 is 14.8. The maximum absolute atomic E-state index is 13.2. The van der Waals surface area contributed by atoms with Crippen LogP contribution < -0.4 is 5.32 Å². The van der Waals surface area contributed by atoms with Crippen LogP contribution in [-0.2, 0) is 6.42 Å². The molecule has 0 bridgehead atoms. The van der Waals surface area contributed by atoms with Crippen LogP contribution in [0.5, 0.6) is 0 Å². The first-order valence-corrected chi connectivity index (χ1v) is 8.63. The van der Waals surface area contributed by atoms with E-state index in [4.69, 9.17) is 0 Å². The summed E-state index contributed by atoms with van der Waals surface area (Å²) in [5, 5.41) is 7.21.